The topological polar surface area (TPSA) is 101 Å². The lowest BCUT2D eigenvalue weighted by atomic mass is 10.0. The lowest BCUT2D eigenvalue weighted by Gasteiger charge is -2.31. The Labute approximate surface area is 162 Å². The van der Waals surface area contributed by atoms with Gasteiger partial charge in [-0.25, -0.2) is 4.98 Å². The Morgan fingerprint density at radius 2 is 1.96 bits per heavy atom. The average molecular weight is 378 g/mol. The number of piperidine rings is 1. The second-order valence-electron chi connectivity index (χ2n) is 7.04. The number of aromatic nitrogens is 1. The number of pyridine rings is 1. The van der Waals surface area contributed by atoms with Crippen LogP contribution in [0.25, 0.3) is 22.4 Å². The molecule has 2 aromatic heterocycles. The second kappa shape index (κ2) is 7.82. The molecule has 0 unspecified atom stereocenters. The van der Waals surface area contributed by atoms with E-state index in [1.165, 1.54) is 0 Å². The van der Waals surface area contributed by atoms with Gasteiger partial charge in [0.05, 0.1) is 23.9 Å². The van der Waals surface area contributed by atoms with Gasteiger partial charge in [0, 0.05) is 24.5 Å². The van der Waals surface area contributed by atoms with Crippen LogP contribution >= 0.6 is 0 Å². The SMILES string of the molecule is NC(=O)CN1CCC(NC(=O)c2cc(-c3ccco3)nc3ccccc23)CC1. The predicted octanol–water partition coefficient (Wildman–Crippen LogP) is 2.17. The summed E-state index contributed by atoms with van der Waals surface area (Å²) < 4.78 is 5.46. The van der Waals surface area contributed by atoms with Crippen LogP contribution in [0, 0.1) is 0 Å². The second-order valence-corrected chi connectivity index (χ2v) is 7.04. The molecule has 0 saturated carbocycles. The summed E-state index contributed by atoms with van der Waals surface area (Å²) in [6, 6.07) is 13.1. The summed E-state index contributed by atoms with van der Waals surface area (Å²) >= 11 is 0. The number of para-hydroxylation sites is 1. The maximum atomic E-state index is 13.1. The lowest BCUT2D eigenvalue weighted by Crippen LogP contribution is -2.46. The van der Waals surface area contributed by atoms with Crippen molar-refractivity contribution in [2.24, 2.45) is 5.73 Å². The third-order valence-corrected chi connectivity index (χ3v) is 5.04. The minimum atomic E-state index is -0.323. The molecule has 0 spiro atoms. The molecule has 0 radical (unpaired) electrons. The number of primary amides is 1. The molecule has 3 aromatic rings. The van der Waals surface area contributed by atoms with E-state index in [0.29, 0.717) is 17.0 Å². The van der Waals surface area contributed by atoms with Gasteiger partial charge in [0.25, 0.3) is 5.91 Å². The molecule has 1 aromatic carbocycles. The molecule has 7 heteroatoms. The van der Waals surface area contributed by atoms with Gasteiger partial charge in [-0.2, -0.15) is 0 Å². The van der Waals surface area contributed by atoms with E-state index in [1.807, 2.05) is 35.2 Å². The number of fused-ring (bicyclic) bond motifs is 1. The number of carbonyl (C=O) groups is 2. The summed E-state index contributed by atoms with van der Waals surface area (Å²) in [6.45, 7) is 1.74. The fraction of sp³-hybridized carbons (Fsp3) is 0.286. The molecular weight excluding hydrogens is 356 g/mol. The molecule has 1 saturated heterocycles. The molecule has 1 aliphatic heterocycles. The smallest absolute Gasteiger partial charge is 0.252 e. The Balaban J connectivity index is 1.55. The van der Waals surface area contributed by atoms with E-state index in [0.717, 1.165) is 36.8 Å². The van der Waals surface area contributed by atoms with E-state index in [9.17, 15) is 9.59 Å². The first-order valence-electron chi connectivity index (χ1n) is 9.35. The van der Waals surface area contributed by atoms with Crippen molar-refractivity contribution in [3.8, 4) is 11.5 Å². The van der Waals surface area contributed by atoms with Crippen molar-refractivity contribution in [2.75, 3.05) is 19.6 Å². The highest BCUT2D eigenvalue weighted by molar-refractivity contribution is 6.07. The largest absolute Gasteiger partial charge is 0.463 e. The van der Waals surface area contributed by atoms with E-state index in [-0.39, 0.29) is 24.4 Å². The quantitative estimate of drug-likeness (QED) is 0.709. The predicted molar refractivity (Wildman–Crippen MR) is 106 cm³/mol. The van der Waals surface area contributed by atoms with Crippen molar-refractivity contribution in [1.82, 2.24) is 15.2 Å². The third-order valence-electron chi connectivity index (χ3n) is 5.04. The maximum absolute atomic E-state index is 13.1. The molecule has 4 rings (SSSR count). The minimum Gasteiger partial charge on any atom is -0.463 e. The first kappa shape index (κ1) is 18.2. The molecule has 0 aliphatic carbocycles. The normalized spacial score (nSPS) is 15.6. The molecule has 1 aliphatic rings. The number of carbonyl (C=O) groups excluding carboxylic acids is 2. The number of nitrogens with one attached hydrogen (secondary N) is 1. The number of nitrogens with two attached hydrogens (primary N) is 1. The van der Waals surface area contributed by atoms with E-state index in [2.05, 4.69) is 10.3 Å². The van der Waals surface area contributed by atoms with Gasteiger partial charge in [0.1, 0.15) is 5.69 Å². The first-order chi connectivity index (χ1) is 13.6. The van der Waals surface area contributed by atoms with Gasteiger partial charge < -0.3 is 15.5 Å². The summed E-state index contributed by atoms with van der Waals surface area (Å²) in [5, 5.41) is 3.94. The van der Waals surface area contributed by atoms with Crippen molar-refractivity contribution >= 4 is 22.7 Å². The van der Waals surface area contributed by atoms with Crippen LogP contribution in [0.5, 0.6) is 0 Å². The highest BCUT2D eigenvalue weighted by Gasteiger charge is 2.23. The zero-order valence-electron chi connectivity index (χ0n) is 15.4. The Hall–Kier alpha value is -3.19. The Morgan fingerprint density at radius 1 is 1.18 bits per heavy atom. The van der Waals surface area contributed by atoms with Gasteiger partial charge >= 0.3 is 0 Å². The van der Waals surface area contributed by atoms with Gasteiger partial charge in [-0.1, -0.05) is 18.2 Å². The maximum Gasteiger partial charge on any atom is 0.252 e. The molecule has 2 amide bonds. The van der Waals surface area contributed by atoms with Crippen LogP contribution in [0.2, 0.25) is 0 Å². The molecule has 0 bridgehead atoms. The van der Waals surface area contributed by atoms with Crippen LogP contribution in [0.15, 0.2) is 53.1 Å². The molecule has 0 atom stereocenters. The van der Waals surface area contributed by atoms with Crippen molar-refractivity contribution in [1.29, 1.82) is 0 Å². The van der Waals surface area contributed by atoms with Crippen LogP contribution < -0.4 is 11.1 Å². The van der Waals surface area contributed by atoms with E-state index in [1.54, 1.807) is 18.4 Å². The number of furan rings is 1. The molecule has 28 heavy (non-hydrogen) atoms. The van der Waals surface area contributed by atoms with E-state index in [4.69, 9.17) is 10.2 Å². The van der Waals surface area contributed by atoms with E-state index >= 15 is 0 Å². The van der Waals surface area contributed by atoms with Crippen molar-refractivity contribution in [3.05, 3.63) is 54.3 Å². The fourth-order valence-corrected chi connectivity index (χ4v) is 3.63. The number of hydrogen-bond acceptors (Lipinski definition) is 5. The van der Waals surface area contributed by atoms with Gasteiger partial charge in [0.15, 0.2) is 5.76 Å². The van der Waals surface area contributed by atoms with Crippen molar-refractivity contribution in [3.63, 3.8) is 0 Å². The monoisotopic (exact) mass is 378 g/mol. The molecule has 144 valence electrons. The zero-order valence-corrected chi connectivity index (χ0v) is 15.4. The first-order valence-corrected chi connectivity index (χ1v) is 9.35. The standard InChI is InChI=1S/C21H22N4O3/c22-20(26)13-25-9-7-14(8-10-25)23-21(27)16-12-18(19-6-3-11-28-19)24-17-5-2-1-4-15(16)17/h1-6,11-12,14H,7-10,13H2,(H2,22,26)(H,23,27). The fourth-order valence-electron chi connectivity index (χ4n) is 3.63. The zero-order chi connectivity index (χ0) is 19.5. The van der Waals surface area contributed by atoms with Crippen LogP contribution in [0.4, 0.5) is 0 Å². The lowest BCUT2D eigenvalue weighted by molar-refractivity contribution is -0.119. The minimum absolute atomic E-state index is 0.0654. The number of amides is 2. The molecule has 7 nitrogen and oxygen atoms in total. The Kier molecular flexibility index (Phi) is 5.08. The number of rotatable bonds is 5. The Bertz CT molecular complexity index is 992. The summed E-state index contributed by atoms with van der Waals surface area (Å²) in [5.74, 6) is 0.176. The van der Waals surface area contributed by atoms with Crippen LogP contribution in [0.3, 0.4) is 0 Å². The molecule has 3 heterocycles. The summed E-state index contributed by atoms with van der Waals surface area (Å²) in [4.78, 5) is 30.8. The number of hydrogen-bond donors (Lipinski definition) is 2. The van der Waals surface area contributed by atoms with Gasteiger partial charge in [-0.3, -0.25) is 14.5 Å². The van der Waals surface area contributed by atoms with Crippen LogP contribution in [0.1, 0.15) is 23.2 Å². The van der Waals surface area contributed by atoms with Gasteiger partial charge in [-0.05, 0) is 37.1 Å². The third kappa shape index (κ3) is 3.89. The highest BCUT2D eigenvalue weighted by atomic mass is 16.3. The molecular formula is C21H22N4O3. The van der Waals surface area contributed by atoms with Crippen LogP contribution in [-0.2, 0) is 4.79 Å². The average Bonchev–Trinajstić information content (AvgIpc) is 3.23. The number of benzene rings is 1. The van der Waals surface area contributed by atoms with Crippen LogP contribution in [-0.4, -0.2) is 47.4 Å². The number of nitrogens with zero attached hydrogens (tertiary/aromatic N) is 2. The summed E-state index contributed by atoms with van der Waals surface area (Å²) in [7, 11) is 0. The van der Waals surface area contributed by atoms with E-state index < -0.39 is 0 Å². The molecule has 1 fully saturated rings. The highest BCUT2D eigenvalue weighted by Crippen LogP contribution is 2.25. The summed E-state index contributed by atoms with van der Waals surface area (Å²) in [5.41, 5.74) is 7.22. The molecule has 3 N–H and O–H groups in total. The number of likely N-dealkylation sites (tertiary alicyclic amines) is 1. The van der Waals surface area contributed by atoms with Crippen molar-refractivity contribution < 1.29 is 14.0 Å². The Morgan fingerprint density at radius 3 is 2.68 bits per heavy atom. The van der Waals surface area contributed by atoms with Gasteiger partial charge in [-0.15, -0.1) is 0 Å². The van der Waals surface area contributed by atoms with Crippen molar-refractivity contribution in [2.45, 2.75) is 18.9 Å². The summed E-state index contributed by atoms with van der Waals surface area (Å²) in [6.07, 6.45) is 3.16. The van der Waals surface area contributed by atoms with Gasteiger partial charge in [0.2, 0.25) is 5.91 Å².